The Kier molecular flexibility index (Phi) is 14.8. The van der Waals surface area contributed by atoms with E-state index in [1.54, 1.807) is 18.3 Å². The lowest BCUT2D eigenvalue weighted by Gasteiger charge is -2.22. The second kappa shape index (κ2) is 18.0. The minimum Gasteiger partial charge on any atom is -0.461 e. The number of aromatic nitrogens is 4. The van der Waals surface area contributed by atoms with E-state index < -0.39 is 0 Å². The molecule has 4 rings (SSSR count). The number of nitrogens with zero attached hydrogens (tertiary/aromatic N) is 4. The molecule has 2 unspecified atom stereocenters. The van der Waals surface area contributed by atoms with Crippen molar-refractivity contribution in [1.82, 2.24) is 19.9 Å². The van der Waals surface area contributed by atoms with Gasteiger partial charge in [0.05, 0.1) is 19.8 Å². The topological polar surface area (TPSA) is 170 Å². The molecule has 2 saturated heterocycles. The first kappa shape index (κ1) is 28.9. The first-order valence-corrected chi connectivity index (χ1v) is 12.0. The predicted octanol–water partition coefficient (Wildman–Crippen LogP) is 2.21. The summed E-state index contributed by atoms with van der Waals surface area (Å²) in [6, 6.07) is 3.46. The molecule has 13 heteroatoms. The number of aliphatic hydroxyl groups excluding tert-OH is 1. The zero-order valence-corrected chi connectivity index (χ0v) is 20.5. The molecule has 0 aliphatic carbocycles. The third kappa shape index (κ3) is 14.0. The number of hydrogen-bond acceptors (Lipinski definition) is 12. The quantitative estimate of drug-likeness (QED) is 0.347. The lowest BCUT2D eigenvalue weighted by Crippen LogP contribution is -2.24. The Morgan fingerprint density at radius 1 is 0.857 bits per heavy atom. The standard InChI is InChI=1S/C11H17N3O3.C7H14O3.C4H4ClN3/c12-9-4-5-13-11(14-9)17-8-7-16-10-3-1-2-6-15-10;8-4-6-10-7-3-1-2-5-9-7;5-4-7-2-1-3(6)8-4/h4-5,10H,1-3,6-8H2,(H2,12,13,14);7-8H,1-6H2;1-2H,(H2,6,7,8). The summed E-state index contributed by atoms with van der Waals surface area (Å²) in [6.45, 7) is 2.91. The van der Waals surface area contributed by atoms with Gasteiger partial charge in [0, 0.05) is 25.6 Å². The molecule has 35 heavy (non-hydrogen) atoms. The van der Waals surface area contributed by atoms with E-state index in [1.165, 1.54) is 12.6 Å². The fraction of sp³-hybridized carbons (Fsp3) is 0.636. The molecule has 2 aromatic heterocycles. The molecule has 12 nitrogen and oxygen atoms in total. The molecule has 2 aromatic rings. The maximum absolute atomic E-state index is 8.42. The van der Waals surface area contributed by atoms with Crippen LogP contribution in [0, 0.1) is 0 Å². The van der Waals surface area contributed by atoms with Crippen LogP contribution in [0.1, 0.15) is 38.5 Å². The summed E-state index contributed by atoms with van der Waals surface area (Å²) < 4.78 is 26.6. The molecule has 2 atom stereocenters. The average Bonchev–Trinajstić information content (AvgIpc) is 2.87. The van der Waals surface area contributed by atoms with Gasteiger partial charge in [-0.05, 0) is 62.3 Å². The highest BCUT2D eigenvalue weighted by Crippen LogP contribution is 2.14. The third-order valence-electron chi connectivity index (χ3n) is 4.59. The van der Waals surface area contributed by atoms with E-state index >= 15 is 0 Å². The first-order valence-electron chi connectivity index (χ1n) is 11.6. The van der Waals surface area contributed by atoms with Crippen LogP contribution in [-0.2, 0) is 18.9 Å². The Balaban J connectivity index is 0.000000204. The van der Waals surface area contributed by atoms with Gasteiger partial charge in [-0.3, -0.25) is 0 Å². The number of nitrogen functional groups attached to an aromatic ring is 2. The number of nitrogens with two attached hydrogens (primary N) is 2. The van der Waals surface area contributed by atoms with E-state index in [-0.39, 0.29) is 30.5 Å². The van der Waals surface area contributed by atoms with Crippen molar-refractivity contribution in [2.24, 2.45) is 0 Å². The van der Waals surface area contributed by atoms with Gasteiger partial charge < -0.3 is 40.3 Å². The third-order valence-corrected chi connectivity index (χ3v) is 4.77. The van der Waals surface area contributed by atoms with Crippen LogP contribution in [0.2, 0.25) is 5.28 Å². The van der Waals surface area contributed by atoms with Crippen LogP contribution < -0.4 is 16.2 Å². The molecule has 0 bridgehead atoms. The predicted molar refractivity (Wildman–Crippen MR) is 130 cm³/mol. The van der Waals surface area contributed by atoms with Gasteiger partial charge in [-0.1, -0.05) is 0 Å². The highest BCUT2D eigenvalue weighted by molar-refractivity contribution is 6.28. The van der Waals surface area contributed by atoms with Crippen LogP contribution in [0.15, 0.2) is 24.5 Å². The molecule has 5 N–H and O–H groups in total. The van der Waals surface area contributed by atoms with Crippen molar-refractivity contribution in [2.75, 3.05) is 51.1 Å². The molecule has 4 heterocycles. The largest absolute Gasteiger partial charge is 0.461 e. The highest BCUT2D eigenvalue weighted by Gasteiger charge is 2.14. The second-order valence-electron chi connectivity index (χ2n) is 7.42. The second-order valence-corrected chi connectivity index (χ2v) is 7.76. The molecular formula is C22H35ClN6O6. The number of anilines is 2. The van der Waals surface area contributed by atoms with Crippen molar-refractivity contribution in [2.45, 2.75) is 51.1 Å². The highest BCUT2D eigenvalue weighted by atomic mass is 35.5. The summed E-state index contributed by atoms with van der Waals surface area (Å²) in [5.41, 5.74) is 10.7. The summed E-state index contributed by atoms with van der Waals surface area (Å²) >= 11 is 5.34. The number of hydrogen-bond donors (Lipinski definition) is 3. The summed E-state index contributed by atoms with van der Waals surface area (Å²) in [4.78, 5) is 15.1. The maximum Gasteiger partial charge on any atom is 0.318 e. The maximum atomic E-state index is 8.42. The van der Waals surface area contributed by atoms with Crippen LogP contribution in [-0.4, -0.2) is 77.3 Å². The molecule has 0 aromatic carbocycles. The molecule has 2 aliphatic rings. The van der Waals surface area contributed by atoms with Gasteiger partial charge in [0.1, 0.15) is 18.2 Å². The van der Waals surface area contributed by atoms with E-state index in [9.17, 15) is 0 Å². The molecule has 2 aliphatic heterocycles. The van der Waals surface area contributed by atoms with Crippen molar-refractivity contribution in [3.63, 3.8) is 0 Å². The zero-order valence-electron chi connectivity index (χ0n) is 19.8. The number of ether oxygens (including phenoxy) is 5. The molecular weight excluding hydrogens is 480 g/mol. The van der Waals surface area contributed by atoms with Gasteiger partial charge in [0.15, 0.2) is 12.6 Å². The Bertz CT molecular complexity index is 794. The van der Waals surface area contributed by atoms with Crippen LogP contribution in [0.25, 0.3) is 0 Å². The lowest BCUT2D eigenvalue weighted by atomic mass is 10.2. The van der Waals surface area contributed by atoms with Gasteiger partial charge >= 0.3 is 6.01 Å². The van der Waals surface area contributed by atoms with Crippen molar-refractivity contribution in [3.05, 3.63) is 29.8 Å². The smallest absolute Gasteiger partial charge is 0.318 e. The molecule has 0 spiro atoms. The summed E-state index contributed by atoms with van der Waals surface area (Å²) in [5, 5.41) is 8.60. The minimum absolute atomic E-state index is 0.0547. The van der Waals surface area contributed by atoms with Gasteiger partial charge in [-0.15, -0.1) is 0 Å². The molecule has 2 fully saturated rings. The van der Waals surface area contributed by atoms with Crippen molar-refractivity contribution in [3.8, 4) is 6.01 Å². The SMILES string of the molecule is Nc1ccnc(Cl)n1.Nc1ccnc(OCCOC2CCCCO2)n1.OCCOC1CCCCO1. The van der Waals surface area contributed by atoms with E-state index in [4.69, 9.17) is 51.9 Å². The normalized spacial score (nSPS) is 19.5. The van der Waals surface area contributed by atoms with Crippen LogP contribution in [0.3, 0.4) is 0 Å². The fourth-order valence-electron chi connectivity index (χ4n) is 2.95. The zero-order chi connectivity index (χ0) is 25.1. The average molecular weight is 515 g/mol. The van der Waals surface area contributed by atoms with Gasteiger partial charge in [0.25, 0.3) is 0 Å². The first-order chi connectivity index (χ1) is 17.1. The monoisotopic (exact) mass is 514 g/mol. The van der Waals surface area contributed by atoms with Crippen molar-refractivity contribution in [1.29, 1.82) is 0 Å². The van der Waals surface area contributed by atoms with Crippen molar-refractivity contribution >= 4 is 23.2 Å². The van der Waals surface area contributed by atoms with Crippen LogP contribution >= 0.6 is 11.6 Å². The summed E-state index contributed by atoms with van der Waals surface area (Å²) in [7, 11) is 0. The lowest BCUT2D eigenvalue weighted by molar-refractivity contribution is -0.166. The van der Waals surface area contributed by atoms with E-state index in [0.29, 0.717) is 31.5 Å². The molecule has 0 radical (unpaired) electrons. The number of rotatable bonds is 8. The van der Waals surface area contributed by atoms with Gasteiger partial charge in [-0.25, -0.2) is 15.0 Å². The van der Waals surface area contributed by atoms with Crippen LogP contribution in [0.4, 0.5) is 11.6 Å². The molecule has 196 valence electrons. The molecule has 0 saturated carbocycles. The van der Waals surface area contributed by atoms with E-state index in [1.807, 2.05) is 0 Å². The Morgan fingerprint density at radius 2 is 1.46 bits per heavy atom. The Labute approximate surface area is 210 Å². The summed E-state index contributed by atoms with van der Waals surface area (Å²) in [6.07, 6.45) is 9.43. The fourth-order valence-corrected chi connectivity index (χ4v) is 3.11. The van der Waals surface area contributed by atoms with E-state index in [0.717, 1.165) is 45.3 Å². The Morgan fingerprint density at radius 3 is 1.94 bits per heavy atom. The van der Waals surface area contributed by atoms with Gasteiger partial charge in [0.2, 0.25) is 5.28 Å². The minimum atomic E-state index is -0.0888. The Hall–Kier alpha value is -2.35. The number of aliphatic hydroxyl groups is 1. The van der Waals surface area contributed by atoms with Crippen molar-refractivity contribution < 1.29 is 28.8 Å². The van der Waals surface area contributed by atoms with E-state index in [2.05, 4.69) is 19.9 Å². The molecule has 0 amide bonds. The van der Waals surface area contributed by atoms with Crippen LogP contribution in [0.5, 0.6) is 6.01 Å². The van der Waals surface area contributed by atoms with Gasteiger partial charge in [-0.2, -0.15) is 4.98 Å². The summed E-state index contributed by atoms with van der Waals surface area (Å²) in [5.74, 6) is 0.788. The number of halogens is 1.